The third kappa shape index (κ3) is 2.07. The molecule has 0 aromatic carbocycles. The first kappa shape index (κ1) is 11.8. The van der Waals surface area contributed by atoms with Gasteiger partial charge in [-0.05, 0) is 19.3 Å². The molecule has 6 heteroatoms. The van der Waals surface area contributed by atoms with E-state index in [1.807, 2.05) is 0 Å². The van der Waals surface area contributed by atoms with Gasteiger partial charge in [-0.3, -0.25) is 9.80 Å². The minimum Gasteiger partial charge on any atom is -0.339 e. The normalized spacial score (nSPS) is 36.2. The van der Waals surface area contributed by atoms with E-state index in [4.69, 9.17) is 10.3 Å². The predicted octanol–water partition coefficient (Wildman–Crippen LogP) is 0.166. The molecule has 4 aliphatic rings. The van der Waals surface area contributed by atoms with Gasteiger partial charge in [0.15, 0.2) is 5.82 Å². The molecule has 3 saturated heterocycles. The monoisotopic (exact) mass is 263 g/mol. The first-order chi connectivity index (χ1) is 9.22. The average molecular weight is 263 g/mol. The van der Waals surface area contributed by atoms with Crippen LogP contribution in [0.4, 0.5) is 0 Å². The number of aromatic nitrogens is 2. The molecule has 4 heterocycles. The van der Waals surface area contributed by atoms with Crippen LogP contribution in [0.3, 0.4) is 0 Å². The van der Waals surface area contributed by atoms with Crippen molar-refractivity contribution in [2.24, 2.45) is 5.73 Å². The van der Waals surface area contributed by atoms with Gasteiger partial charge < -0.3 is 10.3 Å². The standard InChI is InChI=1S/C13H21N5O/c14-13(2-1-3-13)8-11-15-12(16-19-11)10-9-17-4-6-18(10)7-5-17/h10H,1-9,14H2. The van der Waals surface area contributed by atoms with Gasteiger partial charge in [-0.2, -0.15) is 4.98 Å². The van der Waals surface area contributed by atoms with Crippen LogP contribution in [0, 0.1) is 0 Å². The SMILES string of the molecule is NC1(Cc2nc(C3CN4CCN3CC4)no2)CCC1. The quantitative estimate of drug-likeness (QED) is 0.838. The number of hydrogen-bond acceptors (Lipinski definition) is 6. The molecule has 104 valence electrons. The zero-order valence-corrected chi connectivity index (χ0v) is 11.2. The molecule has 1 unspecified atom stereocenters. The van der Waals surface area contributed by atoms with Gasteiger partial charge in [-0.25, -0.2) is 0 Å². The molecule has 2 bridgehead atoms. The summed E-state index contributed by atoms with van der Waals surface area (Å²) in [5, 5.41) is 4.19. The van der Waals surface area contributed by atoms with Crippen molar-refractivity contribution < 1.29 is 4.52 Å². The van der Waals surface area contributed by atoms with Crippen LogP contribution in [0.15, 0.2) is 4.52 Å². The average Bonchev–Trinajstić information content (AvgIpc) is 2.86. The Morgan fingerprint density at radius 2 is 2.05 bits per heavy atom. The Kier molecular flexibility index (Phi) is 2.65. The van der Waals surface area contributed by atoms with E-state index in [9.17, 15) is 0 Å². The highest BCUT2D eigenvalue weighted by Gasteiger charge is 2.37. The van der Waals surface area contributed by atoms with Gasteiger partial charge in [-0.1, -0.05) is 5.16 Å². The Morgan fingerprint density at radius 3 is 2.63 bits per heavy atom. The van der Waals surface area contributed by atoms with Crippen LogP contribution in [0.5, 0.6) is 0 Å². The van der Waals surface area contributed by atoms with Crippen LogP contribution in [0.1, 0.15) is 37.0 Å². The summed E-state index contributed by atoms with van der Waals surface area (Å²) < 4.78 is 5.41. The zero-order chi connectivity index (χ0) is 12.9. The summed E-state index contributed by atoms with van der Waals surface area (Å²) >= 11 is 0. The number of nitrogens with zero attached hydrogens (tertiary/aromatic N) is 4. The molecule has 4 fully saturated rings. The van der Waals surface area contributed by atoms with Crippen LogP contribution in [0.25, 0.3) is 0 Å². The second kappa shape index (κ2) is 4.26. The number of fused-ring (bicyclic) bond motifs is 3. The lowest BCUT2D eigenvalue weighted by molar-refractivity contribution is 0.00781. The van der Waals surface area contributed by atoms with Gasteiger partial charge in [0, 0.05) is 44.7 Å². The first-order valence-electron chi connectivity index (χ1n) is 7.30. The van der Waals surface area contributed by atoms with Crippen LogP contribution in [-0.4, -0.2) is 58.2 Å². The van der Waals surface area contributed by atoms with Crippen molar-refractivity contribution in [3.05, 3.63) is 11.7 Å². The van der Waals surface area contributed by atoms with Crippen molar-refractivity contribution in [3.63, 3.8) is 0 Å². The molecule has 0 radical (unpaired) electrons. The van der Waals surface area contributed by atoms with E-state index in [0.717, 1.165) is 50.6 Å². The fourth-order valence-corrected chi connectivity index (χ4v) is 3.45. The summed E-state index contributed by atoms with van der Waals surface area (Å²) in [6, 6.07) is 0.315. The van der Waals surface area contributed by atoms with Crippen molar-refractivity contribution in [2.45, 2.75) is 37.3 Å². The molecule has 1 aromatic heterocycles. The minimum atomic E-state index is -0.0842. The van der Waals surface area contributed by atoms with Crippen LogP contribution in [-0.2, 0) is 6.42 Å². The van der Waals surface area contributed by atoms with Gasteiger partial charge in [0.1, 0.15) is 0 Å². The van der Waals surface area contributed by atoms with E-state index in [2.05, 4.69) is 19.9 Å². The van der Waals surface area contributed by atoms with Gasteiger partial charge in [0.25, 0.3) is 0 Å². The molecule has 2 N–H and O–H groups in total. The maximum Gasteiger partial charge on any atom is 0.228 e. The topological polar surface area (TPSA) is 71.4 Å². The molecule has 6 nitrogen and oxygen atoms in total. The molecule has 1 saturated carbocycles. The summed E-state index contributed by atoms with van der Waals surface area (Å²) in [5.41, 5.74) is 6.15. The van der Waals surface area contributed by atoms with Crippen LogP contribution in [0.2, 0.25) is 0 Å². The first-order valence-corrected chi connectivity index (χ1v) is 7.30. The molecular weight excluding hydrogens is 242 g/mol. The Hall–Kier alpha value is -0.980. The van der Waals surface area contributed by atoms with Crippen LogP contribution >= 0.6 is 0 Å². The van der Waals surface area contributed by atoms with Crippen LogP contribution < -0.4 is 5.73 Å². The van der Waals surface area contributed by atoms with Gasteiger partial charge >= 0.3 is 0 Å². The molecular formula is C13H21N5O. The molecule has 1 atom stereocenters. The highest BCUT2D eigenvalue weighted by Crippen LogP contribution is 2.33. The fraction of sp³-hybridized carbons (Fsp3) is 0.846. The molecule has 0 amide bonds. The van der Waals surface area contributed by atoms with E-state index in [1.54, 1.807) is 0 Å². The Bertz CT molecular complexity index is 461. The van der Waals surface area contributed by atoms with E-state index in [0.29, 0.717) is 6.04 Å². The maximum atomic E-state index is 6.24. The van der Waals surface area contributed by atoms with Gasteiger partial charge in [0.05, 0.1) is 6.04 Å². The molecule has 1 aliphatic carbocycles. The van der Waals surface area contributed by atoms with Gasteiger partial charge in [0.2, 0.25) is 5.89 Å². The summed E-state index contributed by atoms with van der Waals surface area (Å²) in [6.07, 6.45) is 4.11. The summed E-state index contributed by atoms with van der Waals surface area (Å²) in [5.74, 6) is 1.57. The molecule has 1 aromatic rings. The maximum absolute atomic E-state index is 6.24. The number of hydrogen-bond donors (Lipinski definition) is 1. The Balaban J connectivity index is 1.48. The van der Waals surface area contributed by atoms with Crippen molar-refractivity contribution in [2.75, 3.05) is 32.7 Å². The summed E-state index contributed by atoms with van der Waals surface area (Å²) in [6.45, 7) is 5.62. The summed E-state index contributed by atoms with van der Waals surface area (Å²) in [4.78, 5) is 9.55. The van der Waals surface area contributed by atoms with Crippen molar-refractivity contribution in [1.29, 1.82) is 0 Å². The lowest BCUT2D eigenvalue weighted by Gasteiger charge is -2.46. The smallest absolute Gasteiger partial charge is 0.228 e. The highest BCUT2D eigenvalue weighted by atomic mass is 16.5. The molecule has 19 heavy (non-hydrogen) atoms. The Morgan fingerprint density at radius 1 is 1.26 bits per heavy atom. The molecule has 5 rings (SSSR count). The number of piperazine rings is 3. The van der Waals surface area contributed by atoms with E-state index >= 15 is 0 Å². The number of nitrogens with two attached hydrogens (primary N) is 1. The van der Waals surface area contributed by atoms with E-state index < -0.39 is 0 Å². The van der Waals surface area contributed by atoms with Crippen molar-refractivity contribution in [1.82, 2.24) is 19.9 Å². The van der Waals surface area contributed by atoms with Crippen molar-refractivity contribution >= 4 is 0 Å². The predicted molar refractivity (Wildman–Crippen MR) is 69.5 cm³/mol. The van der Waals surface area contributed by atoms with Crippen molar-refractivity contribution in [3.8, 4) is 0 Å². The second-order valence-corrected chi connectivity index (χ2v) is 6.29. The third-order valence-corrected chi connectivity index (χ3v) is 4.91. The molecule has 3 aliphatic heterocycles. The number of rotatable bonds is 3. The molecule has 0 spiro atoms. The van der Waals surface area contributed by atoms with E-state index in [-0.39, 0.29) is 5.54 Å². The summed E-state index contributed by atoms with van der Waals surface area (Å²) in [7, 11) is 0. The second-order valence-electron chi connectivity index (χ2n) is 6.29. The lowest BCUT2D eigenvalue weighted by Crippen LogP contribution is -2.57. The van der Waals surface area contributed by atoms with Gasteiger partial charge in [-0.15, -0.1) is 0 Å². The van der Waals surface area contributed by atoms with E-state index in [1.165, 1.54) is 19.5 Å². The lowest BCUT2D eigenvalue weighted by atomic mass is 9.75. The third-order valence-electron chi connectivity index (χ3n) is 4.91. The zero-order valence-electron chi connectivity index (χ0n) is 11.2. The largest absolute Gasteiger partial charge is 0.339 e. The minimum absolute atomic E-state index is 0.0842. The Labute approximate surface area is 112 Å². The fourth-order valence-electron chi connectivity index (χ4n) is 3.45. The highest BCUT2D eigenvalue weighted by molar-refractivity contribution is 5.05.